The van der Waals surface area contributed by atoms with Gasteiger partial charge in [0.1, 0.15) is 0 Å². The Morgan fingerprint density at radius 1 is 1.53 bits per heavy atom. The monoisotopic (exact) mass is 283 g/mol. The molecule has 1 nitrogen and oxygen atoms in total. The number of thioether (sulfide) groups is 1. The molecule has 1 heterocycles. The minimum atomic E-state index is 0. The largest absolute Gasteiger partial charge is 0.311 e. The molecule has 0 aromatic carbocycles. The van der Waals surface area contributed by atoms with Crippen molar-refractivity contribution in [2.45, 2.75) is 6.54 Å². The van der Waals surface area contributed by atoms with Gasteiger partial charge >= 0.3 is 0 Å². The summed E-state index contributed by atoms with van der Waals surface area (Å²) in [4.78, 5) is 1.30. The average molecular weight is 284 g/mol. The van der Waals surface area contributed by atoms with Crippen molar-refractivity contribution in [3.63, 3.8) is 0 Å². The third-order valence-electron chi connectivity index (χ3n) is 1.59. The lowest BCUT2D eigenvalue weighted by molar-refractivity contribution is 0.741. The molecule has 0 unspecified atom stereocenters. The van der Waals surface area contributed by atoms with Crippen molar-refractivity contribution in [1.29, 1.82) is 0 Å². The summed E-state index contributed by atoms with van der Waals surface area (Å²) in [5, 5.41) is 3.37. The predicted molar refractivity (Wildman–Crippen MR) is 75.8 cm³/mol. The third kappa shape index (κ3) is 7.25. The highest BCUT2D eigenvalue weighted by Gasteiger charge is 1.96. The third-order valence-corrected chi connectivity index (χ3v) is 3.78. The van der Waals surface area contributed by atoms with Gasteiger partial charge in [0.05, 0.1) is 4.34 Å². The minimum Gasteiger partial charge on any atom is -0.311 e. The highest BCUT2D eigenvalue weighted by atomic mass is 35.5. The number of nitrogens with one attached hydrogen (secondary N) is 1. The van der Waals surface area contributed by atoms with E-state index in [1.165, 1.54) is 4.88 Å². The molecule has 0 atom stereocenters. The summed E-state index contributed by atoms with van der Waals surface area (Å²) in [5.74, 6) is 2.16. The van der Waals surface area contributed by atoms with Gasteiger partial charge in [0.15, 0.2) is 0 Å². The van der Waals surface area contributed by atoms with Gasteiger partial charge in [-0.2, -0.15) is 11.8 Å². The number of hydrogen-bond acceptors (Lipinski definition) is 3. The van der Waals surface area contributed by atoms with Crippen molar-refractivity contribution in [1.82, 2.24) is 5.32 Å². The molecule has 86 valence electrons. The van der Waals surface area contributed by atoms with Crippen molar-refractivity contribution in [3.05, 3.63) is 34.0 Å². The van der Waals surface area contributed by atoms with E-state index in [0.717, 1.165) is 28.9 Å². The number of thiophene rings is 1. The van der Waals surface area contributed by atoms with E-state index in [-0.39, 0.29) is 12.4 Å². The number of hydrogen-bond donors (Lipinski definition) is 1. The van der Waals surface area contributed by atoms with Crippen molar-refractivity contribution in [2.75, 3.05) is 18.1 Å². The Morgan fingerprint density at radius 3 is 2.93 bits per heavy atom. The quantitative estimate of drug-likeness (QED) is 0.603. The molecule has 0 amide bonds. The second-order valence-corrected chi connectivity index (χ2v) is 5.70. The van der Waals surface area contributed by atoms with E-state index in [0.29, 0.717) is 0 Å². The maximum atomic E-state index is 5.82. The van der Waals surface area contributed by atoms with Crippen molar-refractivity contribution < 1.29 is 0 Å². The van der Waals surface area contributed by atoms with Gasteiger partial charge in [0, 0.05) is 29.5 Å². The molecule has 0 aliphatic heterocycles. The molecule has 1 N–H and O–H groups in total. The van der Waals surface area contributed by atoms with Crippen LogP contribution in [0.25, 0.3) is 0 Å². The standard InChI is InChI=1S/C10H14ClNS2.ClH/c1-2-6-13-7-5-12-8-9-3-4-10(11)14-9;/h2-4,12H,1,5-8H2;1H. The normalized spacial score (nSPS) is 9.67. The summed E-state index contributed by atoms with van der Waals surface area (Å²) >= 11 is 9.34. The molecule has 1 rings (SSSR count). The second kappa shape index (κ2) is 9.55. The van der Waals surface area contributed by atoms with Gasteiger partial charge in [-0.25, -0.2) is 0 Å². The van der Waals surface area contributed by atoms with Gasteiger partial charge in [-0.3, -0.25) is 0 Å². The highest BCUT2D eigenvalue weighted by Crippen LogP contribution is 2.20. The lowest BCUT2D eigenvalue weighted by Gasteiger charge is -2.01. The van der Waals surface area contributed by atoms with Crippen LogP contribution in [0.2, 0.25) is 4.34 Å². The van der Waals surface area contributed by atoms with Crippen LogP contribution >= 0.6 is 47.1 Å². The minimum absolute atomic E-state index is 0. The number of rotatable bonds is 7. The van der Waals surface area contributed by atoms with Crippen LogP contribution in [0.3, 0.4) is 0 Å². The first-order valence-electron chi connectivity index (χ1n) is 4.46. The van der Waals surface area contributed by atoms with Gasteiger partial charge in [-0.1, -0.05) is 17.7 Å². The fourth-order valence-electron chi connectivity index (χ4n) is 0.969. The second-order valence-electron chi connectivity index (χ2n) is 2.75. The predicted octanol–water partition coefficient (Wildman–Crippen LogP) is 3.83. The Hall–Kier alpha value is 0.330. The van der Waals surface area contributed by atoms with E-state index in [1.807, 2.05) is 23.9 Å². The molecule has 0 saturated heterocycles. The maximum absolute atomic E-state index is 5.82. The fourth-order valence-corrected chi connectivity index (χ4v) is 2.65. The lowest BCUT2D eigenvalue weighted by atomic mass is 10.4. The molecule has 0 saturated carbocycles. The lowest BCUT2D eigenvalue weighted by Crippen LogP contribution is -2.15. The van der Waals surface area contributed by atoms with Gasteiger partial charge < -0.3 is 5.32 Å². The van der Waals surface area contributed by atoms with Crippen molar-refractivity contribution in [2.24, 2.45) is 0 Å². The molecule has 0 radical (unpaired) electrons. The number of halogens is 2. The van der Waals surface area contributed by atoms with Crippen LogP contribution in [0.5, 0.6) is 0 Å². The van der Waals surface area contributed by atoms with Crippen LogP contribution < -0.4 is 5.32 Å². The Bertz CT molecular complexity index is 276. The van der Waals surface area contributed by atoms with Gasteiger partial charge in [-0.15, -0.1) is 30.3 Å². The van der Waals surface area contributed by atoms with Crippen LogP contribution in [0.4, 0.5) is 0 Å². The summed E-state index contributed by atoms with van der Waals surface area (Å²) in [5.41, 5.74) is 0. The summed E-state index contributed by atoms with van der Waals surface area (Å²) < 4.78 is 0.864. The van der Waals surface area contributed by atoms with E-state index in [1.54, 1.807) is 11.3 Å². The molecule has 0 aliphatic carbocycles. The zero-order valence-corrected chi connectivity index (χ0v) is 11.6. The SMILES string of the molecule is C=CCSCCNCc1ccc(Cl)s1.Cl. The molecule has 1 aromatic rings. The Balaban J connectivity index is 0.00000196. The Kier molecular flexibility index (Phi) is 9.76. The fraction of sp³-hybridized carbons (Fsp3) is 0.400. The summed E-state index contributed by atoms with van der Waals surface area (Å²) in [6.07, 6.45) is 1.93. The average Bonchev–Trinajstić information content (AvgIpc) is 2.58. The summed E-state index contributed by atoms with van der Waals surface area (Å²) in [6, 6.07) is 4.01. The van der Waals surface area contributed by atoms with Gasteiger partial charge in [0.25, 0.3) is 0 Å². The van der Waals surface area contributed by atoms with Crippen LogP contribution in [0.1, 0.15) is 4.88 Å². The molecule has 0 bridgehead atoms. The zero-order valence-electron chi connectivity index (χ0n) is 8.37. The van der Waals surface area contributed by atoms with Gasteiger partial charge in [0.2, 0.25) is 0 Å². The summed E-state index contributed by atoms with van der Waals surface area (Å²) in [6.45, 7) is 5.63. The van der Waals surface area contributed by atoms with E-state index >= 15 is 0 Å². The van der Waals surface area contributed by atoms with Crippen LogP contribution in [0.15, 0.2) is 24.8 Å². The molecular formula is C10H15Cl2NS2. The molecule has 5 heteroatoms. The van der Waals surface area contributed by atoms with E-state index in [4.69, 9.17) is 11.6 Å². The molecular weight excluding hydrogens is 269 g/mol. The first-order chi connectivity index (χ1) is 6.83. The van der Waals surface area contributed by atoms with Gasteiger partial charge in [-0.05, 0) is 12.1 Å². The first-order valence-corrected chi connectivity index (χ1v) is 6.81. The van der Waals surface area contributed by atoms with Crippen LogP contribution in [0, 0.1) is 0 Å². The molecule has 0 aliphatic rings. The Labute approximate surface area is 111 Å². The smallest absolute Gasteiger partial charge is 0.0931 e. The van der Waals surface area contributed by atoms with Crippen molar-refractivity contribution in [3.8, 4) is 0 Å². The van der Waals surface area contributed by atoms with E-state index in [9.17, 15) is 0 Å². The van der Waals surface area contributed by atoms with E-state index < -0.39 is 0 Å². The zero-order chi connectivity index (χ0) is 10.2. The summed E-state index contributed by atoms with van der Waals surface area (Å²) in [7, 11) is 0. The molecule has 0 fully saturated rings. The van der Waals surface area contributed by atoms with Crippen molar-refractivity contribution >= 4 is 47.1 Å². The topological polar surface area (TPSA) is 12.0 Å². The van der Waals surface area contributed by atoms with Crippen LogP contribution in [-0.4, -0.2) is 18.1 Å². The van der Waals surface area contributed by atoms with Crippen LogP contribution in [-0.2, 0) is 6.54 Å². The van der Waals surface area contributed by atoms with E-state index in [2.05, 4.69) is 18.0 Å². The molecule has 15 heavy (non-hydrogen) atoms. The Morgan fingerprint density at radius 2 is 2.33 bits per heavy atom. The maximum Gasteiger partial charge on any atom is 0.0931 e. The first kappa shape index (κ1) is 15.3. The molecule has 0 spiro atoms. The molecule has 1 aromatic heterocycles. The highest BCUT2D eigenvalue weighted by molar-refractivity contribution is 7.99.